The molecule has 0 unspecified atom stereocenters. The van der Waals surface area contributed by atoms with Gasteiger partial charge in [-0.2, -0.15) is 0 Å². The number of anilines is 1. The van der Waals surface area contributed by atoms with Crippen molar-refractivity contribution in [2.75, 3.05) is 5.73 Å². The molecule has 114 valence electrons. The maximum absolute atomic E-state index is 11.6. The van der Waals surface area contributed by atoms with Gasteiger partial charge in [-0.15, -0.1) is 0 Å². The lowest BCUT2D eigenvalue weighted by atomic mass is 9.95. The van der Waals surface area contributed by atoms with E-state index in [9.17, 15) is 20.2 Å². The van der Waals surface area contributed by atoms with Crippen molar-refractivity contribution in [1.29, 1.82) is 0 Å². The first-order valence-corrected chi connectivity index (χ1v) is 6.70. The Morgan fingerprint density at radius 1 is 0.739 bits per heavy atom. The second kappa shape index (κ2) is 5.38. The molecule has 0 radical (unpaired) electrons. The Labute approximate surface area is 130 Å². The van der Waals surface area contributed by atoms with Crippen LogP contribution >= 0.6 is 0 Å². The Balaban J connectivity index is 2.58. The van der Waals surface area contributed by atoms with Gasteiger partial charge in [-0.1, -0.05) is 48.5 Å². The van der Waals surface area contributed by atoms with Crippen LogP contribution in [0, 0.1) is 20.2 Å². The Kier molecular flexibility index (Phi) is 3.38. The summed E-state index contributed by atoms with van der Waals surface area (Å²) < 4.78 is 0. The minimum atomic E-state index is -0.747. The van der Waals surface area contributed by atoms with Crippen LogP contribution in [0.25, 0.3) is 21.9 Å². The second-order valence-electron chi connectivity index (χ2n) is 4.91. The monoisotopic (exact) mass is 309 g/mol. The van der Waals surface area contributed by atoms with E-state index in [4.69, 9.17) is 5.73 Å². The van der Waals surface area contributed by atoms with Gasteiger partial charge in [0, 0.05) is 5.39 Å². The first-order chi connectivity index (χ1) is 11.0. The summed E-state index contributed by atoms with van der Waals surface area (Å²) in [5.41, 5.74) is 5.69. The molecule has 7 heteroatoms. The average Bonchev–Trinajstić information content (AvgIpc) is 2.55. The SMILES string of the molecule is Nc1c(-c2ccccc2)c([N+](=O)[O-])c([N+](=O)[O-])c2ccccc12. The third-order valence-electron chi connectivity index (χ3n) is 3.63. The lowest BCUT2D eigenvalue weighted by Crippen LogP contribution is -2.03. The molecule has 0 fully saturated rings. The van der Waals surface area contributed by atoms with Gasteiger partial charge in [-0.05, 0) is 11.6 Å². The van der Waals surface area contributed by atoms with E-state index >= 15 is 0 Å². The van der Waals surface area contributed by atoms with Crippen molar-refractivity contribution >= 4 is 27.8 Å². The third-order valence-corrected chi connectivity index (χ3v) is 3.63. The van der Waals surface area contributed by atoms with Gasteiger partial charge in [0.1, 0.15) is 0 Å². The fourth-order valence-electron chi connectivity index (χ4n) is 2.69. The second-order valence-corrected chi connectivity index (χ2v) is 4.91. The number of nitro groups is 2. The van der Waals surface area contributed by atoms with Gasteiger partial charge in [0.2, 0.25) is 0 Å². The predicted octanol–water partition coefficient (Wildman–Crippen LogP) is 3.91. The van der Waals surface area contributed by atoms with Gasteiger partial charge in [0.15, 0.2) is 0 Å². The highest BCUT2D eigenvalue weighted by Crippen LogP contribution is 2.47. The standard InChI is InChI=1S/C16H11N3O4/c17-14-11-8-4-5-9-12(11)15(18(20)21)16(19(22)23)13(14)10-6-2-1-3-7-10/h1-9H,17H2. The summed E-state index contributed by atoms with van der Waals surface area (Å²) in [5.74, 6) is 0. The van der Waals surface area contributed by atoms with Crippen molar-refractivity contribution < 1.29 is 9.85 Å². The molecular formula is C16H11N3O4. The molecule has 7 nitrogen and oxygen atoms in total. The number of nitrogens with zero attached hydrogens (tertiary/aromatic N) is 2. The average molecular weight is 309 g/mol. The normalized spacial score (nSPS) is 10.6. The van der Waals surface area contributed by atoms with Crippen LogP contribution in [0.15, 0.2) is 54.6 Å². The first kappa shape index (κ1) is 14.5. The Morgan fingerprint density at radius 2 is 1.26 bits per heavy atom. The molecule has 0 aromatic heterocycles. The fourth-order valence-corrected chi connectivity index (χ4v) is 2.69. The van der Waals surface area contributed by atoms with E-state index in [1.807, 2.05) is 0 Å². The van der Waals surface area contributed by atoms with E-state index < -0.39 is 21.2 Å². The molecule has 0 aliphatic rings. The zero-order valence-corrected chi connectivity index (χ0v) is 11.8. The van der Waals surface area contributed by atoms with Gasteiger partial charge >= 0.3 is 11.4 Å². The molecule has 3 aromatic rings. The number of fused-ring (bicyclic) bond motifs is 1. The molecule has 0 amide bonds. The van der Waals surface area contributed by atoms with Crippen LogP contribution in [0.2, 0.25) is 0 Å². The highest BCUT2D eigenvalue weighted by atomic mass is 16.6. The van der Waals surface area contributed by atoms with Gasteiger partial charge in [0.25, 0.3) is 0 Å². The summed E-state index contributed by atoms with van der Waals surface area (Å²) in [4.78, 5) is 21.6. The van der Waals surface area contributed by atoms with Crippen molar-refractivity contribution in [3.8, 4) is 11.1 Å². The number of hydrogen-bond acceptors (Lipinski definition) is 5. The molecule has 0 atom stereocenters. The zero-order valence-electron chi connectivity index (χ0n) is 11.8. The van der Waals surface area contributed by atoms with E-state index in [1.54, 1.807) is 48.5 Å². The quantitative estimate of drug-likeness (QED) is 0.448. The minimum Gasteiger partial charge on any atom is -0.398 e. The smallest absolute Gasteiger partial charge is 0.356 e. The molecule has 0 saturated heterocycles. The minimum absolute atomic E-state index is 0.0704. The van der Waals surface area contributed by atoms with Crippen molar-refractivity contribution in [3.05, 3.63) is 74.8 Å². The van der Waals surface area contributed by atoms with Crippen LogP contribution in [0.4, 0.5) is 17.1 Å². The fraction of sp³-hybridized carbons (Fsp3) is 0. The molecule has 3 aromatic carbocycles. The predicted molar refractivity (Wildman–Crippen MR) is 87.1 cm³/mol. The lowest BCUT2D eigenvalue weighted by Gasteiger charge is -2.11. The van der Waals surface area contributed by atoms with Crippen LogP contribution in [-0.2, 0) is 0 Å². The summed E-state index contributed by atoms with van der Waals surface area (Å²) in [7, 11) is 0. The molecule has 0 saturated carbocycles. The summed E-state index contributed by atoms with van der Waals surface area (Å²) in [6.07, 6.45) is 0. The zero-order chi connectivity index (χ0) is 16.6. The summed E-state index contributed by atoms with van der Waals surface area (Å²) >= 11 is 0. The van der Waals surface area contributed by atoms with Crippen molar-refractivity contribution in [2.45, 2.75) is 0 Å². The number of nitrogen functional groups attached to an aromatic ring is 1. The molecule has 3 rings (SSSR count). The molecular weight excluding hydrogens is 298 g/mol. The van der Waals surface area contributed by atoms with Gasteiger partial charge in [-0.25, -0.2) is 0 Å². The highest BCUT2D eigenvalue weighted by Gasteiger charge is 2.34. The van der Waals surface area contributed by atoms with Gasteiger partial charge in [0.05, 0.1) is 26.5 Å². The molecule has 0 bridgehead atoms. The van der Waals surface area contributed by atoms with Crippen molar-refractivity contribution in [3.63, 3.8) is 0 Å². The number of nitro benzene ring substituents is 2. The Hall–Kier alpha value is -3.48. The lowest BCUT2D eigenvalue weighted by molar-refractivity contribution is -0.420. The number of hydrogen-bond donors (Lipinski definition) is 1. The van der Waals surface area contributed by atoms with E-state index in [0.717, 1.165) is 0 Å². The van der Waals surface area contributed by atoms with E-state index in [-0.39, 0.29) is 16.6 Å². The van der Waals surface area contributed by atoms with Gasteiger partial charge < -0.3 is 5.73 Å². The Bertz CT molecular complexity index is 939. The van der Waals surface area contributed by atoms with E-state index in [1.165, 1.54) is 6.07 Å². The van der Waals surface area contributed by atoms with Crippen LogP contribution in [0.3, 0.4) is 0 Å². The van der Waals surface area contributed by atoms with E-state index in [2.05, 4.69) is 0 Å². The molecule has 0 aliphatic heterocycles. The molecule has 0 heterocycles. The molecule has 0 aliphatic carbocycles. The summed E-state index contributed by atoms with van der Waals surface area (Å²) in [6.45, 7) is 0. The van der Waals surface area contributed by atoms with Gasteiger partial charge in [-0.3, -0.25) is 20.2 Å². The van der Waals surface area contributed by atoms with Crippen LogP contribution in [-0.4, -0.2) is 9.85 Å². The van der Waals surface area contributed by atoms with Crippen LogP contribution in [0.1, 0.15) is 0 Å². The van der Waals surface area contributed by atoms with E-state index in [0.29, 0.717) is 10.9 Å². The maximum Gasteiger partial charge on any atom is 0.356 e. The number of rotatable bonds is 3. The van der Waals surface area contributed by atoms with Crippen LogP contribution < -0.4 is 5.73 Å². The number of benzene rings is 3. The third kappa shape index (κ3) is 2.24. The summed E-state index contributed by atoms with van der Waals surface area (Å²) in [5, 5.41) is 23.6. The molecule has 23 heavy (non-hydrogen) atoms. The maximum atomic E-state index is 11.6. The highest BCUT2D eigenvalue weighted by molar-refractivity contribution is 6.10. The first-order valence-electron chi connectivity index (χ1n) is 6.70. The molecule has 2 N–H and O–H groups in total. The number of nitrogens with two attached hydrogens (primary N) is 1. The van der Waals surface area contributed by atoms with Crippen molar-refractivity contribution in [2.24, 2.45) is 0 Å². The van der Waals surface area contributed by atoms with Crippen molar-refractivity contribution in [1.82, 2.24) is 0 Å². The Morgan fingerprint density at radius 3 is 1.83 bits per heavy atom. The molecule has 0 spiro atoms. The van der Waals surface area contributed by atoms with Crippen LogP contribution in [0.5, 0.6) is 0 Å². The topological polar surface area (TPSA) is 112 Å². The summed E-state index contributed by atoms with van der Waals surface area (Å²) in [6, 6.07) is 14.8. The largest absolute Gasteiger partial charge is 0.398 e.